The van der Waals surface area contributed by atoms with Crippen LogP contribution >= 0.6 is 23.2 Å². The number of aromatic nitrogens is 2. The highest BCUT2D eigenvalue weighted by Gasteiger charge is 2.58. The van der Waals surface area contributed by atoms with Gasteiger partial charge >= 0.3 is 0 Å². The van der Waals surface area contributed by atoms with Gasteiger partial charge in [0.05, 0.1) is 41.8 Å². The van der Waals surface area contributed by atoms with E-state index < -0.39 is 0 Å². The third-order valence-electron chi connectivity index (χ3n) is 7.45. The van der Waals surface area contributed by atoms with E-state index in [1.54, 1.807) is 22.9 Å². The van der Waals surface area contributed by atoms with Crippen LogP contribution in [0.15, 0.2) is 24.4 Å². The number of ether oxygens (including phenoxy) is 2. The Morgan fingerprint density at radius 2 is 1.84 bits per heavy atom. The van der Waals surface area contributed by atoms with Crippen molar-refractivity contribution in [1.29, 1.82) is 0 Å². The zero-order valence-electron chi connectivity index (χ0n) is 17.9. The van der Waals surface area contributed by atoms with Crippen LogP contribution in [0.1, 0.15) is 62.6 Å². The molecule has 3 aliphatic carbocycles. The molecule has 1 saturated heterocycles. The fourth-order valence-corrected chi connectivity index (χ4v) is 6.48. The van der Waals surface area contributed by atoms with Gasteiger partial charge in [0.1, 0.15) is 5.69 Å². The third-order valence-corrected chi connectivity index (χ3v) is 8.06. The maximum Gasteiger partial charge on any atom is 0.174 e. The van der Waals surface area contributed by atoms with Crippen LogP contribution in [0, 0.1) is 17.8 Å². The van der Waals surface area contributed by atoms with E-state index in [1.807, 2.05) is 6.20 Å². The molecule has 1 aromatic heterocycles. The summed E-state index contributed by atoms with van der Waals surface area (Å²) in [6.45, 7) is 3.94. The number of halogens is 2. The SMILES string of the molecule is CC1CC2CCCC1C21OCCO1.OCc1c(C2CC2)cnn1-c1c(Cl)cccc1Cl. The lowest BCUT2D eigenvalue weighted by atomic mass is 9.81. The van der Waals surface area contributed by atoms with Gasteiger partial charge in [0, 0.05) is 11.8 Å². The first kappa shape index (κ1) is 21.7. The fraction of sp³-hybridized carbons (Fsp3) is 0.625. The molecule has 4 fully saturated rings. The van der Waals surface area contributed by atoms with Gasteiger partial charge in [-0.15, -0.1) is 0 Å². The molecule has 7 heteroatoms. The van der Waals surface area contributed by atoms with Gasteiger partial charge in [-0.1, -0.05) is 42.6 Å². The Morgan fingerprint density at radius 3 is 2.45 bits per heavy atom. The highest BCUT2D eigenvalue weighted by atomic mass is 35.5. The van der Waals surface area contributed by atoms with Gasteiger partial charge in [-0.2, -0.15) is 5.10 Å². The van der Waals surface area contributed by atoms with Crippen molar-refractivity contribution >= 4 is 23.2 Å². The molecule has 3 unspecified atom stereocenters. The molecule has 2 bridgehead atoms. The van der Waals surface area contributed by atoms with Crippen LogP contribution in [-0.4, -0.2) is 33.9 Å². The Labute approximate surface area is 193 Å². The summed E-state index contributed by atoms with van der Waals surface area (Å²) in [4.78, 5) is 0. The second-order valence-corrected chi connectivity index (χ2v) is 10.1. The van der Waals surface area contributed by atoms with Crippen molar-refractivity contribution in [3.8, 4) is 5.69 Å². The zero-order chi connectivity index (χ0) is 21.6. The van der Waals surface area contributed by atoms with Crippen LogP contribution in [0.5, 0.6) is 0 Å². The van der Waals surface area contributed by atoms with Crippen LogP contribution in [0.4, 0.5) is 0 Å². The number of hydrogen-bond donors (Lipinski definition) is 1. The second-order valence-electron chi connectivity index (χ2n) is 9.33. The van der Waals surface area contributed by atoms with Gasteiger partial charge in [-0.05, 0) is 61.6 Å². The van der Waals surface area contributed by atoms with Crippen LogP contribution < -0.4 is 0 Å². The van der Waals surface area contributed by atoms with Gasteiger partial charge in [0.2, 0.25) is 0 Å². The third kappa shape index (κ3) is 3.83. The van der Waals surface area contributed by atoms with Gasteiger partial charge in [-0.3, -0.25) is 0 Å². The fourth-order valence-electron chi connectivity index (χ4n) is 5.92. The molecule has 3 saturated carbocycles. The highest BCUT2D eigenvalue weighted by Crippen LogP contribution is 2.56. The average molecular weight is 465 g/mol. The largest absolute Gasteiger partial charge is 0.390 e. The highest BCUT2D eigenvalue weighted by molar-refractivity contribution is 6.37. The molecule has 168 valence electrons. The minimum absolute atomic E-state index is 0.0621. The first-order valence-electron chi connectivity index (χ1n) is 11.4. The van der Waals surface area contributed by atoms with Crippen molar-refractivity contribution in [2.24, 2.45) is 17.8 Å². The lowest BCUT2D eigenvalue weighted by Crippen LogP contribution is -2.44. The first-order chi connectivity index (χ1) is 15.0. The quantitative estimate of drug-likeness (QED) is 0.629. The lowest BCUT2D eigenvalue weighted by molar-refractivity contribution is -0.225. The molecule has 6 rings (SSSR count). The molecule has 2 aromatic rings. The van der Waals surface area contributed by atoms with E-state index in [4.69, 9.17) is 32.7 Å². The maximum atomic E-state index is 9.56. The minimum atomic E-state index is -0.127. The number of aliphatic hydroxyl groups excluding tert-OH is 1. The van der Waals surface area contributed by atoms with Gasteiger partial charge in [0.25, 0.3) is 0 Å². The van der Waals surface area contributed by atoms with Crippen LogP contribution in [0.3, 0.4) is 0 Å². The van der Waals surface area contributed by atoms with Crippen molar-refractivity contribution in [2.45, 2.75) is 63.8 Å². The number of aliphatic hydroxyl groups is 1. The summed E-state index contributed by atoms with van der Waals surface area (Å²) in [7, 11) is 0. The Morgan fingerprint density at radius 1 is 1.13 bits per heavy atom. The first-order valence-corrected chi connectivity index (χ1v) is 12.2. The van der Waals surface area contributed by atoms with Crippen molar-refractivity contribution in [3.05, 3.63) is 45.7 Å². The number of nitrogens with zero attached hydrogens (tertiary/aromatic N) is 2. The van der Waals surface area contributed by atoms with Crippen molar-refractivity contribution in [1.82, 2.24) is 9.78 Å². The Bertz CT molecular complexity index is 917. The monoisotopic (exact) mass is 464 g/mol. The summed E-state index contributed by atoms with van der Waals surface area (Å²) in [5, 5.41) is 14.9. The van der Waals surface area contributed by atoms with Gasteiger partial charge in [0.15, 0.2) is 5.79 Å². The van der Waals surface area contributed by atoms with Gasteiger partial charge < -0.3 is 14.6 Å². The normalized spacial score (nSPS) is 28.6. The van der Waals surface area contributed by atoms with Crippen molar-refractivity contribution < 1.29 is 14.6 Å². The molecule has 3 atom stereocenters. The Kier molecular flexibility index (Phi) is 6.08. The summed E-state index contributed by atoms with van der Waals surface area (Å²) in [6, 6.07) is 5.32. The summed E-state index contributed by atoms with van der Waals surface area (Å²) in [5.41, 5.74) is 2.53. The molecular weight excluding hydrogens is 435 g/mol. The van der Waals surface area contributed by atoms with Crippen LogP contribution in [-0.2, 0) is 16.1 Å². The van der Waals surface area contributed by atoms with Gasteiger partial charge in [-0.25, -0.2) is 4.68 Å². The van der Waals surface area contributed by atoms with E-state index in [0.717, 1.165) is 43.2 Å². The molecule has 1 N–H and O–H groups in total. The van der Waals surface area contributed by atoms with Crippen molar-refractivity contribution in [2.75, 3.05) is 13.2 Å². The molecular formula is C24H30Cl2N2O3. The van der Waals surface area contributed by atoms with E-state index in [0.29, 0.717) is 33.5 Å². The summed E-state index contributed by atoms with van der Waals surface area (Å²) >= 11 is 12.3. The summed E-state index contributed by atoms with van der Waals surface area (Å²) in [6.07, 6.45) is 9.48. The molecule has 1 aliphatic heterocycles. The number of benzene rings is 1. The predicted octanol–water partition coefficient (Wildman–Crippen LogP) is 5.73. The van der Waals surface area contributed by atoms with E-state index >= 15 is 0 Å². The van der Waals surface area contributed by atoms with E-state index in [-0.39, 0.29) is 12.4 Å². The zero-order valence-corrected chi connectivity index (χ0v) is 19.4. The molecule has 4 aliphatic rings. The predicted molar refractivity (Wildman–Crippen MR) is 121 cm³/mol. The van der Waals surface area contributed by atoms with Crippen LogP contribution in [0.25, 0.3) is 5.69 Å². The number of hydrogen-bond acceptors (Lipinski definition) is 4. The molecule has 31 heavy (non-hydrogen) atoms. The summed E-state index contributed by atoms with van der Waals surface area (Å²) < 4.78 is 13.5. The maximum absolute atomic E-state index is 9.56. The summed E-state index contributed by atoms with van der Waals surface area (Å²) in [5.74, 6) is 2.60. The van der Waals surface area contributed by atoms with Crippen LogP contribution in [0.2, 0.25) is 10.0 Å². The second kappa shape index (κ2) is 8.68. The Balaban J connectivity index is 0.000000138. The molecule has 1 spiro atoms. The minimum Gasteiger partial charge on any atom is -0.390 e. The lowest BCUT2D eigenvalue weighted by Gasteiger charge is -2.39. The molecule has 5 nitrogen and oxygen atoms in total. The smallest absolute Gasteiger partial charge is 0.174 e. The molecule has 2 heterocycles. The molecule has 0 radical (unpaired) electrons. The van der Waals surface area contributed by atoms with E-state index in [1.165, 1.54) is 25.7 Å². The average Bonchev–Trinajstić information content (AvgIpc) is 3.33. The molecule has 1 aromatic carbocycles. The van der Waals surface area contributed by atoms with Crippen molar-refractivity contribution in [3.63, 3.8) is 0 Å². The van der Waals surface area contributed by atoms with E-state index in [9.17, 15) is 5.11 Å². The number of rotatable bonds is 3. The topological polar surface area (TPSA) is 56.5 Å². The number of para-hydroxylation sites is 1. The molecule has 0 amide bonds. The van der Waals surface area contributed by atoms with E-state index in [2.05, 4.69) is 12.0 Å². The Hall–Kier alpha value is -1.11. The standard InChI is InChI=1S/C13H12Cl2N2O.C11H18O2/c14-10-2-1-3-11(15)13(10)17-12(7-18)9(6-16-17)8-4-5-8;1-8-7-9-3-2-4-10(8)11(9)12-5-6-13-11/h1-3,6,8,18H,4-5,7H2;8-10H,2-7H2,1H3.